The molecule has 0 spiro atoms. The van der Waals surface area contributed by atoms with E-state index < -0.39 is 0 Å². The Kier molecular flexibility index (Phi) is 11.1. The SMILES string of the molecule is CCNC(=NCCCN1CCCC1=O)NCCc1ccc(F)c(Br)c1.I. The Labute approximate surface area is 180 Å². The van der Waals surface area contributed by atoms with E-state index in [1.54, 1.807) is 12.1 Å². The summed E-state index contributed by atoms with van der Waals surface area (Å²) in [6.07, 6.45) is 3.32. The van der Waals surface area contributed by atoms with Gasteiger partial charge in [0.1, 0.15) is 5.82 Å². The lowest BCUT2D eigenvalue weighted by molar-refractivity contribution is -0.127. The molecule has 1 aliphatic heterocycles. The van der Waals surface area contributed by atoms with Crippen LogP contribution in [0, 0.1) is 5.82 Å². The highest BCUT2D eigenvalue weighted by Gasteiger charge is 2.18. The van der Waals surface area contributed by atoms with Crippen molar-refractivity contribution in [2.45, 2.75) is 32.6 Å². The molecule has 0 atom stereocenters. The van der Waals surface area contributed by atoms with Crippen LogP contribution < -0.4 is 10.6 Å². The molecule has 0 saturated carbocycles. The molecule has 1 aromatic carbocycles. The number of carbonyl (C=O) groups is 1. The largest absolute Gasteiger partial charge is 0.357 e. The van der Waals surface area contributed by atoms with Crippen molar-refractivity contribution in [2.75, 3.05) is 32.7 Å². The summed E-state index contributed by atoms with van der Waals surface area (Å²) >= 11 is 3.21. The molecule has 8 heteroatoms. The fourth-order valence-corrected chi connectivity index (χ4v) is 3.18. The lowest BCUT2D eigenvalue weighted by atomic mass is 10.1. The first-order chi connectivity index (χ1) is 12.1. The van der Waals surface area contributed by atoms with Crippen molar-refractivity contribution in [1.82, 2.24) is 15.5 Å². The molecule has 26 heavy (non-hydrogen) atoms. The van der Waals surface area contributed by atoms with Gasteiger partial charge < -0.3 is 15.5 Å². The van der Waals surface area contributed by atoms with Crippen LogP contribution in [0.15, 0.2) is 27.7 Å². The van der Waals surface area contributed by atoms with Crippen molar-refractivity contribution in [2.24, 2.45) is 4.99 Å². The number of halogens is 3. The Morgan fingerprint density at radius 3 is 2.85 bits per heavy atom. The molecular weight excluding hydrogens is 514 g/mol. The second-order valence-corrected chi connectivity index (χ2v) is 6.88. The number of amides is 1. The minimum Gasteiger partial charge on any atom is -0.357 e. The Hall–Kier alpha value is -0.900. The zero-order valence-corrected chi connectivity index (χ0v) is 19.0. The summed E-state index contributed by atoms with van der Waals surface area (Å²) < 4.78 is 13.7. The molecule has 0 aromatic heterocycles. The first kappa shape index (κ1) is 23.1. The van der Waals surface area contributed by atoms with Crippen molar-refractivity contribution in [1.29, 1.82) is 0 Å². The number of hydrogen-bond acceptors (Lipinski definition) is 2. The quantitative estimate of drug-likeness (QED) is 0.230. The molecule has 1 aromatic rings. The molecule has 0 unspecified atom stereocenters. The van der Waals surface area contributed by atoms with Gasteiger partial charge in [0.05, 0.1) is 4.47 Å². The molecule has 1 aliphatic rings. The van der Waals surface area contributed by atoms with Gasteiger partial charge in [-0.3, -0.25) is 9.79 Å². The minimum absolute atomic E-state index is 0. The second-order valence-electron chi connectivity index (χ2n) is 6.02. The van der Waals surface area contributed by atoms with Gasteiger partial charge in [0, 0.05) is 39.1 Å². The lowest BCUT2D eigenvalue weighted by Gasteiger charge is -2.15. The monoisotopic (exact) mass is 540 g/mol. The topological polar surface area (TPSA) is 56.7 Å². The standard InChI is InChI=1S/C18H26BrFN4O.HI/c1-2-21-18(22-9-4-12-24-11-3-5-17(24)25)23-10-8-14-6-7-16(20)15(19)13-14;/h6-7,13H,2-5,8-12H2,1H3,(H2,21,22,23);1H. The molecule has 1 heterocycles. The number of nitrogens with one attached hydrogen (secondary N) is 2. The van der Waals surface area contributed by atoms with Crippen LogP contribution in [-0.4, -0.2) is 49.5 Å². The average molecular weight is 541 g/mol. The highest BCUT2D eigenvalue weighted by molar-refractivity contribution is 14.0. The van der Waals surface area contributed by atoms with Gasteiger partial charge in [0.25, 0.3) is 0 Å². The van der Waals surface area contributed by atoms with Crippen LogP contribution in [0.25, 0.3) is 0 Å². The van der Waals surface area contributed by atoms with E-state index >= 15 is 0 Å². The first-order valence-electron chi connectivity index (χ1n) is 8.84. The Morgan fingerprint density at radius 1 is 1.38 bits per heavy atom. The number of likely N-dealkylation sites (tertiary alicyclic amines) is 1. The van der Waals surface area contributed by atoms with Gasteiger partial charge in [0.15, 0.2) is 5.96 Å². The molecule has 1 amide bonds. The number of aliphatic imine (C=N–C) groups is 1. The van der Waals surface area contributed by atoms with Crippen LogP contribution in [0.5, 0.6) is 0 Å². The molecular formula is C18H27BrFIN4O. The van der Waals surface area contributed by atoms with Crippen LogP contribution in [0.3, 0.4) is 0 Å². The molecule has 0 bridgehead atoms. The van der Waals surface area contributed by atoms with Crippen LogP contribution in [0.2, 0.25) is 0 Å². The summed E-state index contributed by atoms with van der Waals surface area (Å²) in [7, 11) is 0. The van der Waals surface area contributed by atoms with E-state index in [4.69, 9.17) is 0 Å². The maximum absolute atomic E-state index is 13.2. The molecule has 1 fully saturated rings. The van der Waals surface area contributed by atoms with E-state index in [9.17, 15) is 9.18 Å². The number of carbonyl (C=O) groups excluding carboxylic acids is 1. The first-order valence-corrected chi connectivity index (χ1v) is 9.63. The van der Waals surface area contributed by atoms with Gasteiger partial charge in [-0.2, -0.15) is 0 Å². The Morgan fingerprint density at radius 2 is 2.19 bits per heavy atom. The highest BCUT2D eigenvalue weighted by atomic mass is 127. The van der Waals surface area contributed by atoms with Gasteiger partial charge >= 0.3 is 0 Å². The average Bonchev–Trinajstić information content (AvgIpc) is 3.00. The van der Waals surface area contributed by atoms with E-state index in [0.29, 0.717) is 24.0 Å². The Balaban J connectivity index is 0.00000338. The molecule has 1 saturated heterocycles. The third-order valence-corrected chi connectivity index (χ3v) is 4.67. The maximum Gasteiger partial charge on any atom is 0.222 e. The lowest BCUT2D eigenvalue weighted by Crippen LogP contribution is -2.38. The van der Waals surface area contributed by atoms with Gasteiger partial charge in [-0.05, 0) is 59.8 Å². The highest BCUT2D eigenvalue weighted by Crippen LogP contribution is 2.16. The predicted octanol–water partition coefficient (Wildman–Crippen LogP) is 3.32. The van der Waals surface area contributed by atoms with E-state index in [0.717, 1.165) is 50.4 Å². The number of hydrogen-bond donors (Lipinski definition) is 2. The van der Waals surface area contributed by atoms with E-state index in [2.05, 4.69) is 31.6 Å². The van der Waals surface area contributed by atoms with Gasteiger partial charge in [-0.15, -0.1) is 24.0 Å². The molecule has 0 radical (unpaired) electrons. The smallest absolute Gasteiger partial charge is 0.222 e. The van der Waals surface area contributed by atoms with E-state index in [1.165, 1.54) is 6.07 Å². The van der Waals surface area contributed by atoms with Gasteiger partial charge in [0.2, 0.25) is 5.91 Å². The Bertz CT molecular complexity index is 615. The van der Waals surface area contributed by atoms with E-state index in [-0.39, 0.29) is 35.7 Å². The summed E-state index contributed by atoms with van der Waals surface area (Å²) in [5.41, 5.74) is 1.06. The zero-order chi connectivity index (χ0) is 18.1. The zero-order valence-electron chi connectivity index (χ0n) is 15.1. The third-order valence-electron chi connectivity index (χ3n) is 4.06. The minimum atomic E-state index is -0.247. The molecule has 2 N–H and O–H groups in total. The molecule has 2 rings (SSSR count). The number of guanidine groups is 1. The van der Waals surface area contributed by atoms with Crippen molar-refractivity contribution in [3.8, 4) is 0 Å². The van der Waals surface area contributed by atoms with Crippen molar-refractivity contribution in [3.63, 3.8) is 0 Å². The summed E-state index contributed by atoms with van der Waals surface area (Å²) in [5, 5.41) is 6.51. The van der Waals surface area contributed by atoms with Crippen LogP contribution >= 0.6 is 39.9 Å². The van der Waals surface area contributed by atoms with E-state index in [1.807, 2.05) is 11.8 Å². The summed E-state index contributed by atoms with van der Waals surface area (Å²) in [6.45, 7) is 5.88. The number of nitrogens with zero attached hydrogens (tertiary/aromatic N) is 2. The summed E-state index contributed by atoms with van der Waals surface area (Å²) in [5.74, 6) is 0.791. The van der Waals surface area contributed by atoms with Crippen molar-refractivity contribution < 1.29 is 9.18 Å². The van der Waals surface area contributed by atoms with Crippen molar-refractivity contribution >= 4 is 51.8 Å². The van der Waals surface area contributed by atoms with Gasteiger partial charge in [-0.1, -0.05) is 6.07 Å². The fraction of sp³-hybridized carbons (Fsp3) is 0.556. The number of benzene rings is 1. The van der Waals surface area contributed by atoms with Gasteiger partial charge in [-0.25, -0.2) is 4.39 Å². The summed E-state index contributed by atoms with van der Waals surface area (Å²) in [4.78, 5) is 18.0. The molecule has 5 nitrogen and oxygen atoms in total. The predicted molar refractivity (Wildman–Crippen MR) is 118 cm³/mol. The number of rotatable bonds is 8. The third kappa shape index (κ3) is 7.77. The molecule has 0 aliphatic carbocycles. The molecule has 146 valence electrons. The van der Waals surface area contributed by atoms with Crippen LogP contribution in [0.4, 0.5) is 4.39 Å². The maximum atomic E-state index is 13.2. The second kappa shape index (κ2) is 12.5. The van der Waals surface area contributed by atoms with Crippen molar-refractivity contribution in [3.05, 3.63) is 34.1 Å². The summed E-state index contributed by atoms with van der Waals surface area (Å²) in [6, 6.07) is 5.06. The normalized spacial score (nSPS) is 14.3. The fourth-order valence-electron chi connectivity index (χ4n) is 2.76. The van der Waals surface area contributed by atoms with Crippen LogP contribution in [0.1, 0.15) is 31.7 Å². The van der Waals surface area contributed by atoms with Crippen LogP contribution in [-0.2, 0) is 11.2 Å².